The number of aromatic nitrogens is 1. The minimum atomic E-state index is -1.18. The molecule has 0 bridgehead atoms. The van der Waals surface area contributed by atoms with Crippen LogP contribution in [-0.4, -0.2) is 34.8 Å². The van der Waals surface area contributed by atoms with Gasteiger partial charge in [-0.1, -0.05) is 12.7 Å². The number of rotatable bonds is 6. The maximum absolute atomic E-state index is 11.2. The van der Waals surface area contributed by atoms with Gasteiger partial charge in [-0.25, -0.2) is 14.6 Å². The third-order valence-electron chi connectivity index (χ3n) is 1.81. The smallest absolute Gasteiger partial charge is 0.408 e. The molecule has 1 heterocycles. The van der Waals surface area contributed by atoms with Gasteiger partial charge in [0.15, 0.2) is 6.39 Å². The lowest BCUT2D eigenvalue weighted by Gasteiger charge is -2.12. The van der Waals surface area contributed by atoms with Gasteiger partial charge in [0.1, 0.15) is 18.4 Å². The molecule has 1 aromatic heterocycles. The van der Waals surface area contributed by atoms with Crippen LogP contribution in [-0.2, 0) is 16.0 Å². The molecule has 0 saturated carbocycles. The fraction of sp³-hybridized carbons (Fsp3) is 0.300. The molecule has 7 heteroatoms. The zero-order chi connectivity index (χ0) is 12.7. The second-order valence-electron chi connectivity index (χ2n) is 3.09. The maximum Gasteiger partial charge on any atom is 0.408 e. The van der Waals surface area contributed by atoms with Crippen molar-refractivity contribution in [2.24, 2.45) is 0 Å². The lowest BCUT2D eigenvalue weighted by atomic mass is 10.2. The summed E-state index contributed by atoms with van der Waals surface area (Å²) in [6, 6.07) is -1.12. The van der Waals surface area contributed by atoms with Crippen molar-refractivity contribution in [2.45, 2.75) is 12.5 Å². The molecule has 1 rings (SSSR count). The molecule has 0 spiro atoms. The molecule has 92 valence electrons. The molecule has 17 heavy (non-hydrogen) atoms. The van der Waals surface area contributed by atoms with E-state index in [2.05, 4.69) is 21.6 Å². The molecule has 0 fully saturated rings. The quantitative estimate of drug-likeness (QED) is 0.705. The highest BCUT2D eigenvalue weighted by Gasteiger charge is 2.22. The fourth-order valence-electron chi connectivity index (χ4n) is 1.06. The van der Waals surface area contributed by atoms with E-state index in [9.17, 15) is 9.59 Å². The molecule has 0 aliphatic carbocycles. The summed E-state index contributed by atoms with van der Waals surface area (Å²) in [6.45, 7) is 3.38. The number of carboxylic acid groups (broad SMARTS) is 1. The topological polar surface area (TPSA) is 102 Å². The zero-order valence-electron chi connectivity index (χ0n) is 8.96. The molecule has 1 aromatic rings. The van der Waals surface area contributed by atoms with E-state index >= 15 is 0 Å². The zero-order valence-corrected chi connectivity index (χ0v) is 8.96. The molecule has 1 amide bonds. The highest BCUT2D eigenvalue weighted by molar-refractivity contribution is 5.80. The molecular weight excluding hydrogens is 228 g/mol. The van der Waals surface area contributed by atoms with Gasteiger partial charge in [0.2, 0.25) is 0 Å². The minimum Gasteiger partial charge on any atom is -0.480 e. The highest BCUT2D eigenvalue weighted by atomic mass is 16.5. The summed E-state index contributed by atoms with van der Waals surface area (Å²) in [4.78, 5) is 25.7. The van der Waals surface area contributed by atoms with Crippen LogP contribution in [0.2, 0.25) is 0 Å². The Bertz CT molecular complexity index is 387. The summed E-state index contributed by atoms with van der Waals surface area (Å²) >= 11 is 0. The van der Waals surface area contributed by atoms with Crippen molar-refractivity contribution in [1.82, 2.24) is 10.3 Å². The normalized spacial score (nSPS) is 11.5. The SMILES string of the molecule is C=CCOC(=O)NC(Cc1cnco1)C(=O)O. The first-order valence-electron chi connectivity index (χ1n) is 4.78. The first-order valence-corrected chi connectivity index (χ1v) is 4.78. The predicted molar refractivity (Wildman–Crippen MR) is 56.3 cm³/mol. The van der Waals surface area contributed by atoms with Gasteiger partial charge < -0.3 is 19.6 Å². The van der Waals surface area contributed by atoms with Crippen molar-refractivity contribution in [3.63, 3.8) is 0 Å². The minimum absolute atomic E-state index is 0.00147. The Morgan fingerprint density at radius 1 is 1.71 bits per heavy atom. The van der Waals surface area contributed by atoms with Crippen LogP contribution in [0.4, 0.5) is 4.79 Å². The van der Waals surface area contributed by atoms with Crippen molar-refractivity contribution < 1.29 is 23.8 Å². The van der Waals surface area contributed by atoms with Crippen LogP contribution in [0.15, 0.2) is 29.7 Å². The summed E-state index contributed by atoms with van der Waals surface area (Å²) in [6.07, 6.45) is 3.12. The number of nitrogens with zero attached hydrogens (tertiary/aromatic N) is 1. The number of hydrogen-bond donors (Lipinski definition) is 2. The number of hydrogen-bond acceptors (Lipinski definition) is 5. The first-order chi connectivity index (χ1) is 8.13. The van der Waals surface area contributed by atoms with Crippen LogP contribution < -0.4 is 5.32 Å². The Morgan fingerprint density at radius 3 is 3.00 bits per heavy atom. The number of ether oxygens (including phenoxy) is 1. The van der Waals surface area contributed by atoms with E-state index in [4.69, 9.17) is 9.52 Å². The number of carbonyl (C=O) groups excluding carboxylic acids is 1. The third kappa shape index (κ3) is 4.37. The molecule has 0 aliphatic heterocycles. The average molecular weight is 240 g/mol. The fourth-order valence-corrected chi connectivity index (χ4v) is 1.06. The molecule has 1 atom stereocenters. The first kappa shape index (κ1) is 12.8. The molecule has 0 aromatic carbocycles. The van der Waals surface area contributed by atoms with Gasteiger partial charge >= 0.3 is 12.1 Å². The number of amides is 1. The Morgan fingerprint density at radius 2 is 2.47 bits per heavy atom. The standard InChI is InChI=1S/C10H12N2O5/c1-2-3-16-10(15)12-8(9(13)14)4-7-5-11-6-17-7/h2,5-6,8H,1,3-4H2,(H,12,15)(H,13,14). The number of nitrogens with one attached hydrogen (secondary N) is 1. The molecule has 1 unspecified atom stereocenters. The van der Waals surface area contributed by atoms with Crippen molar-refractivity contribution in [2.75, 3.05) is 6.61 Å². The van der Waals surface area contributed by atoms with Crippen LogP contribution in [0.3, 0.4) is 0 Å². The van der Waals surface area contributed by atoms with Crippen LogP contribution >= 0.6 is 0 Å². The molecular formula is C10H12N2O5. The van der Waals surface area contributed by atoms with Crippen LogP contribution in [0.25, 0.3) is 0 Å². The van der Waals surface area contributed by atoms with Gasteiger partial charge in [-0.05, 0) is 0 Å². The number of carbonyl (C=O) groups is 2. The van der Waals surface area contributed by atoms with Crippen molar-refractivity contribution in [3.05, 3.63) is 31.0 Å². The van der Waals surface area contributed by atoms with Crippen molar-refractivity contribution >= 4 is 12.1 Å². The van der Waals surface area contributed by atoms with Crippen molar-refractivity contribution in [3.8, 4) is 0 Å². The Balaban J connectivity index is 2.51. The van der Waals surface area contributed by atoms with E-state index in [1.807, 2.05) is 0 Å². The van der Waals surface area contributed by atoms with E-state index in [-0.39, 0.29) is 13.0 Å². The molecule has 0 saturated heterocycles. The van der Waals surface area contributed by atoms with Gasteiger partial charge in [-0.2, -0.15) is 0 Å². The van der Waals surface area contributed by atoms with E-state index in [1.165, 1.54) is 18.7 Å². The van der Waals surface area contributed by atoms with Crippen molar-refractivity contribution in [1.29, 1.82) is 0 Å². The third-order valence-corrected chi connectivity index (χ3v) is 1.81. The van der Waals surface area contributed by atoms with Gasteiger partial charge in [-0.3, -0.25) is 0 Å². The second kappa shape index (κ2) is 6.31. The largest absolute Gasteiger partial charge is 0.480 e. The molecule has 0 radical (unpaired) electrons. The molecule has 2 N–H and O–H groups in total. The predicted octanol–water partition coefficient (Wildman–Crippen LogP) is 0.583. The van der Waals surface area contributed by atoms with Gasteiger partial charge in [0.05, 0.1) is 6.20 Å². The van der Waals surface area contributed by atoms with E-state index in [1.54, 1.807) is 0 Å². The maximum atomic E-state index is 11.2. The molecule has 7 nitrogen and oxygen atoms in total. The number of alkyl carbamates (subject to hydrolysis) is 1. The number of oxazole rings is 1. The Kier molecular flexibility index (Phi) is 4.74. The van der Waals surface area contributed by atoms with Crippen LogP contribution in [0.5, 0.6) is 0 Å². The second-order valence-corrected chi connectivity index (χ2v) is 3.09. The summed E-state index contributed by atoms with van der Waals surface area (Å²) in [7, 11) is 0. The molecule has 0 aliphatic rings. The van der Waals surface area contributed by atoms with Gasteiger partial charge in [0, 0.05) is 6.42 Å². The lowest BCUT2D eigenvalue weighted by molar-refractivity contribution is -0.139. The monoisotopic (exact) mass is 240 g/mol. The summed E-state index contributed by atoms with van der Waals surface area (Å²) in [5, 5.41) is 11.1. The van der Waals surface area contributed by atoms with Crippen LogP contribution in [0, 0.1) is 0 Å². The Hall–Kier alpha value is -2.31. The number of aliphatic carboxylic acids is 1. The lowest BCUT2D eigenvalue weighted by Crippen LogP contribution is -2.42. The van der Waals surface area contributed by atoms with Gasteiger partial charge in [0.25, 0.3) is 0 Å². The van der Waals surface area contributed by atoms with Gasteiger partial charge in [-0.15, -0.1) is 0 Å². The Labute approximate surface area is 97.1 Å². The number of carboxylic acids is 1. The highest BCUT2D eigenvalue weighted by Crippen LogP contribution is 2.02. The summed E-state index contributed by atoms with van der Waals surface area (Å²) < 4.78 is 9.51. The average Bonchev–Trinajstić information content (AvgIpc) is 2.78. The van der Waals surface area contributed by atoms with Crippen LogP contribution in [0.1, 0.15) is 5.76 Å². The van der Waals surface area contributed by atoms with E-state index < -0.39 is 18.1 Å². The van der Waals surface area contributed by atoms with E-state index in [0.29, 0.717) is 5.76 Å². The van der Waals surface area contributed by atoms with E-state index in [0.717, 1.165) is 0 Å². The summed E-state index contributed by atoms with van der Waals surface area (Å²) in [5.74, 6) is -0.821. The summed E-state index contributed by atoms with van der Waals surface area (Å²) in [5.41, 5.74) is 0.